The van der Waals surface area contributed by atoms with Gasteiger partial charge in [-0.15, -0.1) is 11.3 Å². The van der Waals surface area contributed by atoms with Crippen molar-refractivity contribution in [1.29, 1.82) is 0 Å². The maximum atomic E-state index is 11.9. The summed E-state index contributed by atoms with van der Waals surface area (Å²) in [6.45, 7) is 12.9. The fourth-order valence-corrected chi connectivity index (χ4v) is 3.36. The quantitative estimate of drug-likeness (QED) is 0.461. The number of thiazole rings is 1. The van der Waals surface area contributed by atoms with Crippen molar-refractivity contribution < 1.29 is 9.53 Å². The first-order valence-corrected chi connectivity index (χ1v) is 10.3. The smallest absolute Gasteiger partial charge is 0.407 e. The van der Waals surface area contributed by atoms with Gasteiger partial charge >= 0.3 is 6.09 Å². The molecule has 0 aliphatic rings. The molecule has 0 aliphatic carbocycles. The maximum Gasteiger partial charge on any atom is 0.407 e. The number of nitrogens with zero attached hydrogens (tertiary/aromatic N) is 2. The Hall–Kier alpha value is -1.83. The van der Waals surface area contributed by atoms with Gasteiger partial charge in [0.25, 0.3) is 0 Å². The van der Waals surface area contributed by atoms with Crippen LogP contribution < -0.4 is 16.0 Å². The van der Waals surface area contributed by atoms with Crippen LogP contribution in [0.4, 0.5) is 4.79 Å². The molecule has 0 spiro atoms. The van der Waals surface area contributed by atoms with E-state index in [1.165, 1.54) is 4.88 Å². The summed E-state index contributed by atoms with van der Waals surface area (Å²) in [7, 11) is 1.75. The minimum atomic E-state index is -0.501. The predicted octanol–water partition coefficient (Wildman–Crippen LogP) is 3.51. The van der Waals surface area contributed by atoms with Crippen LogP contribution in [0.15, 0.2) is 4.99 Å². The van der Waals surface area contributed by atoms with Crippen LogP contribution in [0.1, 0.15) is 62.5 Å². The molecule has 0 aromatic carbocycles. The summed E-state index contributed by atoms with van der Waals surface area (Å²) >= 11 is 1.69. The van der Waals surface area contributed by atoms with Gasteiger partial charge in [-0.3, -0.25) is 4.99 Å². The molecule has 7 nitrogen and oxygen atoms in total. The Bertz CT molecular complexity index is 622. The molecule has 1 aromatic rings. The number of guanidine groups is 1. The summed E-state index contributed by atoms with van der Waals surface area (Å²) in [6, 6.07) is 0.0768. The van der Waals surface area contributed by atoms with Crippen molar-refractivity contribution in [1.82, 2.24) is 20.9 Å². The molecule has 1 atom stereocenters. The number of carbonyl (C=O) groups excluding carboxylic acids is 1. The van der Waals surface area contributed by atoms with Crippen LogP contribution in [-0.4, -0.2) is 42.3 Å². The van der Waals surface area contributed by atoms with Crippen LogP contribution in [0.25, 0.3) is 0 Å². The Morgan fingerprint density at radius 2 is 2.00 bits per heavy atom. The van der Waals surface area contributed by atoms with Crippen LogP contribution in [0.2, 0.25) is 0 Å². The second-order valence-electron chi connectivity index (χ2n) is 7.53. The van der Waals surface area contributed by atoms with Crippen molar-refractivity contribution in [2.45, 2.75) is 79.0 Å². The third-order valence-corrected chi connectivity index (χ3v) is 4.85. The molecule has 27 heavy (non-hydrogen) atoms. The van der Waals surface area contributed by atoms with Gasteiger partial charge in [-0.05, 0) is 41.0 Å². The lowest BCUT2D eigenvalue weighted by Crippen LogP contribution is -2.48. The molecule has 3 N–H and O–H groups in total. The van der Waals surface area contributed by atoms with Gasteiger partial charge in [0.15, 0.2) is 5.96 Å². The van der Waals surface area contributed by atoms with Gasteiger partial charge < -0.3 is 20.7 Å². The van der Waals surface area contributed by atoms with E-state index >= 15 is 0 Å². The van der Waals surface area contributed by atoms with Crippen molar-refractivity contribution in [2.24, 2.45) is 4.99 Å². The van der Waals surface area contributed by atoms with Crippen LogP contribution in [-0.2, 0) is 11.3 Å². The van der Waals surface area contributed by atoms with E-state index in [0.717, 1.165) is 30.0 Å². The number of hydrogen-bond acceptors (Lipinski definition) is 5. The maximum absolute atomic E-state index is 11.9. The van der Waals surface area contributed by atoms with Gasteiger partial charge in [0.2, 0.25) is 0 Å². The number of aryl methyl sites for hydroxylation is 2. The zero-order valence-electron chi connectivity index (χ0n) is 17.7. The molecular weight excluding hydrogens is 362 g/mol. The molecule has 1 unspecified atom stereocenters. The molecule has 1 rings (SSSR count). The van der Waals surface area contributed by atoms with Crippen LogP contribution >= 0.6 is 11.3 Å². The van der Waals surface area contributed by atoms with Crippen LogP contribution in [0.5, 0.6) is 0 Å². The molecule has 154 valence electrons. The summed E-state index contributed by atoms with van der Waals surface area (Å²) in [6.07, 6.45) is 2.70. The summed E-state index contributed by atoms with van der Waals surface area (Å²) in [5.41, 5.74) is 0.549. The number of nitrogens with one attached hydrogen (secondary N) is 3. The third-order valence-electron chi connectivity index (χ3n) is 3.78. The monoisotopic (exact) mass is 397 g/mol. The summed E-state index contributed by atoms with van der Waals surface area (Å²) in [4.78, 5) is 21.9. The van der Waals surface area contributed by atoms with E-state index in [9.17, 15) is 4.79 Å². The molecule has 0 radical (unpaired) electrons. The zero-order valence-corrected chi connectivity index (χ0v) is 18.5. The van der Waals surface area contributed by atoms with Crippen molar-refractivity contribution in [3.8, 4) is 0 Å². The van der Waals surface area contributed by atoms with E-state index in [0.29, 0.717) is 19.0 Å². The Labute approximate surface area is 167 Å². The normalized spacial score (nSPS) is 13.2. The SMILES string of the molecule is CCCCC(CNC(=O)OC(C)(C)C)NC(=NC)NCc1sc(C)nc1C. The van der Waals surface area contributed by atoms with E-state index < -0.39 is 11.7 Å². The topological polar surface area (TPSA) is 87.6 Å². The fraction of sp³-hybridized carbons (Fsp3) is 0.737. The van der Waals surface area contributed by atoms with Crippen molar-refractivity contribution >= 4 is 23.4 Å². The van der Waals surface area contributed by atoms with Gasteiger partial charge in [-0.1, -0.05) is 19.8 Å². The van der Waals surface area contributed by atoms with E-state index in [4.69, 9.17) is 4.74 Å². The molecule has 1 aromatic heterocycles. The van der Waals surface area contributed by atoms with Gasteiger partial charge in [-0.25, -0.2) is 9.78 Å². The third kappa shape index (κ3) is 9.60. The van der Waals surface area contributed by atoms with Gasteiger partial charge in [0, 0.05) is 24.5 Å². The standard InChI is InChI=1S/C19H35N5O2S/c1-8-9-10-15(11-22-18(25)26-19(4,5)6)24-17(20-7)21-12-16-13(2)23-14(3)27-16/h15H,8-12H2,1-7H3,(H,22,25)(H2,20,21,24). The van der Waals surface area contributed by atoms with E-state index in [-0.39, 0.29) is 6.04 Å². The minimum Gasteiger partial charge on any atom is -0.444 e. The van der Waals surface area contributed by atoms with Crippen molar-refractivity contribution in [3.05, 3.63) is 15.6 Å². The first-order valence-electron chi connectivity index (χ1n) is 9.51. The Morgan fingerprint density at radius 1 is 1.30 bits per heavy atom. The Balaban J connectivity index is 2.58. The lowest BCUT2D eigenvalue weighted by atomic mass is 10.1. The average molecular weight is 398 g/mol. The number of amides is 1. The van der Waals surface area contributed by atoms with Crippen molar-refractivity contribution in [2.75, 3.05) is 13.6 Å². The largest absolute Gasteiger partial charge is 0.444 e. The highest BCUT2D eigenvalue weighted by Gasteiger charge is 2.18. The summed E-state index contributed by atoms with van der Waals surface area (Å²) in [5, 5.41) is 10.7. The van der Waals surface area contributed by atoms with E-state index in [2.05, 4.69) is 32.9 Å². The summed E-state index contributed by atoms with van der Waals surface area (Å²) in [5.74, 6) is 0.715. The highest BCUT2D eigenvalue weighted by molar-refractivity contribution is 7.11. The van der Waals surface area contributed by atoms with E-state index in [1.54, 1.807) is 18.4 Å². The summed E-state index contributed by atoms with van der Waals surface area (Å²) < 4.78 is 5.32. The molecular formula is C19H35N5O2S. The number of rotatable bonds is 8. The average Bonchev–Trinajstić information content (AvgIpc) is 2.89. The highest BCUT2D eigenvalue weighted by Crippen LogP contribution is 2.16. The molecule has 0 bridgehead atoms. The van der Waals surface area contributed by atoms with Crippen LogP contribution in [0, 0.1) is 13.8 Å². The molecule has 0 saturated carbocycles. The number of ether oxygens (including phenoxy) is 1. The molecule has 0 fully saturated rings. The van der Waals surface area contributed by atoms with Crippen molar-refractivity contribution in [3.63, 3.8) is 0 Å². The molecule has 1 amide bonds. The molecule has 0 aliphatic heterocycles. The Morgan fingerprint density at radius 3 is 2.52 bits per heavy atom. The number of carbonyl (C=O) groups is 1. The number of aromatic nitrogens is 1. The fourth-order valence-electron chi connectivity index (χ4n) is 2.49. The highest BCUT2D eigenvalue weighted by atomic mass is 32.1. The minimum absolute atomic E-state index is 0.0768. The lowest BCUT2D eigenvalue weighted by molar-refractivity contribution is 0.0523. The Kier molecular flexibility index (Phi) is 9.55. The van der Waals surface area contributed by atoms with E-state index in [1.807, 2.05) is 34.6 Å². The number of aliphatic imine (C=N–C) groups is 1. The van der Waals surface area contributed by atoms with Gasteiger partial charge in [-0.2, -0.15) is 0 Å². The number of hydrogen-bond donors (Lipinski definition) is 3. The predicted molar refractivity (Wildman–Crippen MR) is 112 cm³/mol. The molecule has 8 heteroatoms. The second kappa shape index (κ2) is 11.1. The lowest BCUT2D eigenvalue weighted by Gasteiger charge is -2.24. The zero-order chi connectivity index (χ0) is 20.4. The number of unbranched alkanes of at least 4 members (excludes halogenated alkanes) is 1. The van der Waals surface area contributed by atoms with Gasteiger partial charge in [0.05, 0.1) is 17.2 Å². The first-order chi connectivity index (χ1) is 12.6. The van der Waals surface area contributed by atoms with Crippen LogP contribution in [0.3, 0.4) is 0 Å². The van der Waals surface area contributed by atoms with Gasteiger partial charge in [0.1, 0.15) is 5.60 Å². The second-order valence-corrected chi connectivity index (χ2v) is 8.82. The molecule has 1 heterocycles. The molecule has 0 saturated heterocycles. The number of alkyl carbamates (subject to hydrolysis) is 1. The first kappa shape index (κ1) is 23.2.